The molecular formula is C24H20N4O. The third-order valence-electron chi connectivity index (χ3n) is 4.55. The first-order valence-corrected chi connectivity index (χ1v) is 9.48. The van der Waals surface area contributed by atoms with E-state index in [9.17, 15) is 4.79 Å². The van der Waals surface area contributed by atoms with Gasteiger partial charge < -0.3 is 0 Å². The van der Waals surface area contributed by atoms with Gasteiger partial charge in [0.25, 0.3) is 5.91 Å². The van der Waals surface area contributed by atoms with Crippen LogP contribution in [-0.2, 0) is 6.42 Å². The average molecular weight is 380 g/mol. The van der Waals surface area contributed by atoms with Gasteiger partial charge in [-0.1, -0.05) is 54.6 Å². The van der Waals surface area contributed by atoms with E-state index in [0.717, 1.165) is 29.4 Å². The lowest BCUT2D eigenvalue weighted by Crippen LogP contribution is -2.18. The Bertz CT molecular complexity index is 1140. The van der Waals surface area contributed by atoms with Gasteiger partial charge >= 0.3 is 0 Å². The number of aromatic nitrogens is 2. The third-order valence-corrected chi connectivity index (χ3v) is 4.55. The number of para-hydroxylation sites is 1. The number of aryl methyl sites for hydroxylation is 1. The van der Waals surface area contributed by atoms with Gasteiger partial charge in [-0.05, 0) is 42.7 Å². The molecule has 0 aliphatic rings. The van der Waals surface area contributed by atoms with E-state index in [0.29, 0.717) is 11.3 Å². The summed E-state index contributed by atoms with van der Waals surface area (Å²) >= 11 is 0. The van der Waals surface area contributed by atoms with Crippen molar-refractivity contribution < 1.29 is 4.79 Å². The van der Waals surface area contributed by atoms with Gasteiger partial charge in [0.15, 0.2) is 0 Å². The van der Waals surface area contributed by atoms with Gasteiger partial charge in [-0.15, -0.1) is 0 Å². The van der Waals surface area contributed by atoms with Gasteiger partial charge in [-0.25, -0.2) is 10.4 Å². The lowest BCUT2D eigenvalue weighted by molar-refractivity contribution is 0.0956. The largest absolute Gasteiger partial charge is 0.272 e. The molecule has 0 saturated heterocycles. The quantitative estimate of drug-likeness (QED) is 0.391. The fourth-order valence-corrected chi connectivity index (χ4v) is 3.11. The maximum atomic E-state index is 12.8. The number of hydrogen-bond acceptors (Lipinski definition) is 4. The van der Waals surface area contributed by atoms with Crippen LogP contribution in [0.5, 0.6) is 0 Å². The topological polar surface area (TPSA) is 67.2 Å². The molecule has 0 spiro atoms. The fourth-order valence-electron chi connectivity index (χ4n) is 3.11. The lowest BCUT2D eigenvalue weighted by Gasteiger charge is -2.08. The van der Waals surface area contributed by atoms with Crippen molar-refractivity contribution in [2.24, 2.45) is 5.10 Å². The van der Waals surface area contributed by atoms with Crippen molar-refractivity contribution in [3.63, 3.8) is 0 Å². The van der Waals surface area contributed by atoms with Crippen LogP contribution in [0.4, 0.5) is 0 Å². The summed E-state index contributed by atoms with van der Waals surface area (Å²) in [5, 5.41) is 4.89. The fraction of sp³-hybridized carbons (Fsp3) is 0.0833. The van der Waals surface area contributed by atoms with Crippen LogP contribution in [0.2, 0.25) is 0 Å². The molecule has 0 radical (unpaired) electrons. The molecule has 4 aromatic rings. The van der Waals surface area contributed by atoms with Crippen molar-refractivity contribution in [1.82, 2.24) is 15.4 Å². The summed E-state index contributed by atoms with van der Waals surface area (Å²) in [6.07, 6.45) is 5.07. The Kier molecular flexibility index (Phi) is 5.67. The maximum Gasteiger partial charge on any atom is 0.272 e. The Morgan fingerprint density at radius 2 is 1.72 bits per heavy atom. The Morgan fingerprint density at radius 3 is 2.55 bits per heavy atom. The van der Waals surface area contributed by atoms with E-state index < -0.39 is 0 Å². The van der Waals surface area contributed by atoms with Crippen LogP contribution in [0.25, 0.3) is 22.3 Å². The van der Waals surface area contributed by atoms with Gasteiger partial charge in [0, 0.05) is 17.8 Å². The van der Waals surface area contributed by atoms with E-state index in [-0.39, 0.29) is 5.91 Å². The first-order chi connectivity index (χ1) is 14.3. The monoisotopic (exact) mass is 380 g/mol. The minimum absolute atomic E-state index is 0.267. The summed E-state index contributed by atoms with van der Waals surface area (Å²) < 4.78 is 0. The number of carbonyl (C=O) groups is 1. The van der Waals surface area contributed by atoms with Crippen molar-refractivity contribution in [2.75, 3.05) is 0 Å². The minimum Gasteiger partial charge on any atom is -0.267 e. The van der Waals surface area contributed by atoms with Crippen molar-refractivity contribution in [1.29, 1.82) is 0 Å². The Labute approximate surface area is 169 Å². The first-order valence-electron chi connectivity index (χ1n) is 9.48. The minimum atomic E-state index is -0.267. The Morgan fingerprint density at radius 1 is 0.931 bits per heavy atom. The van der Waals surface area contributed by atoms with Gasteiger partial charge in [-0.2, -0.15) is 5.10 Å². The number of fused-ring (bicyclic) bond motifs is 1. The molecular weight excluding hydrogens is 360 g/mol. The zero-order valence-corrected chi connectivity index (χ0v) is 15.8. The van der Waals surface area contributed by atoms with Gasteiger partial charge in [0.05, 0.1) is 22.5 Å². The number of benzene rings is 2. The Balaban J connectivity index is 1.52. The standard InChI is InChI=1S/C24H20N4O/c29-24(28-26-16-8-11-18-9-2-1-3-10-18)20-17-23(22-14-6-7-15-25-22)27-21-13-5-4-12-19(20)21/h1-7,9-10,12-17H,8,11H2,(H,28,29)/b26-16+. The number of hydrogen-bond donors (Lipinski definition) is 1. The predicted octanol–water partition coefficient (Wildman–Crippen LogP) is 4.65. The van der Waals surface area contributed by atoms with Crippen LogP contribution in [0.1, 0.15) is 22.3 Å². The maximum absolute atomic E-state index is 12.8. The first kappa shape index (κ1) is 18.5. The molecule has 0 fully saturated rings. The normalized spacial score (nSPS) is 11.0. The van der Waals surface area contributed by atoms with Crippen LogP contribution in [0.3, 0.4) is 0 Å². The van der Waals surface area contributed by atoms with Crippen molar-refractivity contribution in [3.05, 3.63) is 96.2 Å². The SMILES string of the molecule is O=C(N/N=C/CCc1ccccc1)c1cc(-c2ccccn2)nc2ccccc12. The molecule has 4 rings (SSSR count). The predicted molar refractivity (Wildman–Crippen MR) is 116 cm³/mol. The highest BCUT2D eigenvalue weighted by Crippen LogP contribution is 2.23. The molecule has 2 aromatic carbocycles. The summed E-state index contributed by atoms with van der Waals surface area (Å²) in [6.45, 7) is 0. The number of nitrogens with one attached hydrogen (secondary N) is 1. The number of rotatable bonds is 6. The molecule has 0 saturated carbocycles. The van der Waals surface area contributed by atoms with Gasteiger partial charge in [0.1, 0.15) is 0 Å². The van der Waals surface area contributed by atoms with E-state index in [1.165, 1.54) is 5.56 Å². The average Bonchev–Trinajstić information content (AvgIpc) is 2.79. The van der Waals surface area contributed by atoms with Crippen LogP contribution in [0, 0.1) is 0 Å². The zero-order valence-electron chi connectivity index (χ0n) is 15.8. The van der Waals surface area contributed by atoms with E-state index in [2.05, 4.69) is 32.6 Å². The molecule has 2 heterocycles. The zero-order chi connectivity index (χ0) is 19.9. The molecule has 2 aromatic heterocycles. The van der Waals surface area contributed by atoms with Crippen molar-refractivity contribution >= 4 is 23.0 Å². The van der Waals surface area contributed by atoms with E-state index >= 15 is 0 Å². The summed E-state index contributed by atoms with van der Waals surface area (Å²) in [6, 6.07) is 25.1. The number of pyridine rings is 2. The second-order valence-corrected chi connectivity index (χ2v) is 6.56. The highest BCUT2D eigenvalue weighted by atomic mass is 16.2. The van der Waals surface area contributed by atoms with Crippen LogP contribution < -0.4 is 5.43 Å². The van der Waals surface area contributed by atoms with E-state index in [4.69, 9.17) is 0 Å². The molecule has 1 amide bonds. The number of amides is 1. The molecule has 142 valence electrons. The number of hydrazone groups is 1. The summed E-state index contributed by atoms with van der Waals surface area (Å²) in [5.74, 6) is -0.267. The summed E-state index contributed by atoms with van der Waals surface area (Å²) in [5.41, 5.74) is 6.52. The van der Waals surface area contributed by atoms with Gasteiger partial charge in [0.2, 0.25) is 0 Å². The van der Waals surface area contributed by atoms with Gasteiger partial charge in [-0.3, -0.25) is 9.78 Å². The van der Waals surface area contributed by atoms with Crippen molar-refractivity contribution in [3.8, 4) is 11.4 Å². The van der Waals surface area contributed by atoms with Crippen LogP contribution >= 0.6 is 0 Å². The number of carbonyl (C=O) groups excluding carboxylic acids is 1. The molecule has 5 nitrogen and oxygen atoms in total. The molecule has 1 N–H and O–H groups in total. The molecule has 29 heavy (non-hydrogen) atoms. The molecule has 0 atom stereocenters. The van der Waals surface area contributed by atoms with Crippen molar-refractivity contribution in [2.45, 2.75) is 12.8 Å². The molecule has 0 bridgehead atoms. The molecule has 0 unspecified atom stereocenters. The lowest BCUT2D eigenvalue weighted by atomic mass is 10.1. The molecule has 5 heteroatoms. The third kappa shape index (κ3) is 4.52. The second kappa shape index (κ2) is 8.89. The smallest absolute Gasteiger partial charge is 0.267 e. The van der Waals surface area contributed by atoms with Crippen LogP contribution in [0.15, 0.2) is 90.2 Å². The molecule has 0 aliphatic heterocycles. The Hall–Kier alpha value is -3.86. The highest BCUT2D eigenvalue weighted by Gasteiger charge is 2.13. The van der Waals surface area contributed by atoms with E-state index in [1.54, 1.807) is 18.5 Å². The molecule has 0 aliphatic carbocycles. The van der Waals surface area contributed by atoms with E-state index in [1.807, 2.05) is 60.7 Å². The highest BCUT2D eigenvalue weighted by molar-refractivity contribution is 6.07. The van der Waals surface area contributed by atoms with Crippen LogP contribution in [-0.4, -0.2) is 22.1 Å². The summed E-state index contributed by atoms with van der Waals surface area (Å²) in [7, 11) is 0. The number of nitrogens with zero attached hydrogens (tertiary/aromatic N) is 3. The summed E-state index contributed by atoms with van der Waals surface area (Å²) in [4.78, 5) is 21.8. The second-order valence-electron chi connectivity index (χ2n) is 6.56.